The Labute approximate surface area is 111 Å². The number of rotatable bonds is 2. The standard InChI is InChI=1S/C14H17N3S/c1-2-17-7-6-12-13(9-17)18-14(16-12)10-4-3-5-11(15)8-10/h3-5,8H,2,6-7,9,15H2,1H3. The SMILES string of the molecule is CCN1CCc2nc(-c3cccc(N)c3)sc2C1. The number of nitrogens with two attached hydrogens (primary N) is 1. The number of anilines is 1. The van der Waals surface area contributed by atoms with Crippen LogP contribution in [-0.2, 0) is 13.0 Å². The lowest BCUT2D eigenvalue weighted by Gasteiger charge is -2.23. The van der Waals surface area contributed by atoms with Crippen molar-refractivity contribution in [2.24, 2.45) is 0 Å². The third kappa shape index (κ3) is 2.13. The third-order valence-corrected chi connectivity index (χ3v) is 4.52. The summed E-state index contributed by atoms with van der Waals surface area (Å²) in [7, 11) is 0. The van der Waals surface area contributed by atoms with Crippen molar-refractivity contribution in [1.82, 2.24) is 9.88 Å². The van der Waals surface area contributed by atoms with E-state index in [-0.39, 0.29) is 0 Å². The average molecular weight is 259 g/mol. The molecule has 0 saturated heterocycles. The zero-order chi connectivity index (χ0) is 12.5. The average Bonchev–Trinajstić information content (AvgIpc) is 2.81. The van der Waals surface area contributed by atoms with Crippen LogP contribution in [-0.4, -0.2) is 23.0 Å². The van der Waals surface area contributed by atoms with Crippen molar-refractivity contribution < 1.29 is 0 Å². The van der Waals surface area contributed by atoms with Gasteiger partial charge in [0.2, 0.25) is 0 Å². The Morgan fingerprint density at radius 1 is 1.44 bits per heavy atom. The summed E-state index contributed by atoms with van der Waals surface area (Å²) in [6, 6.07) is 7.99. The lowest BCUT2D eigenvalue weighted by Crippen LogP contribution is -2.29. The molecule has 4 heteroatoms. The molecule has 18 heavy (non-hydrogen) atoms. The second-order valence-electron chi connectivity index (χ2n) is 4.63. The van der Waals surface area contributed by atoms with Crippen LogP contribution in [0.15, 0.2) is 24.3 Å². The van der Waals surface area contributed by atoms with E-state index in [0.29, 0.717) is 0 Å². The minimum absolute atomic E-state index is 0.802. The number of nitrogens with zero attached hydrogens (tertiary/aromatic N) is 2. The summed E-state index contributed by atoms with van der Waals surface area (Å²) in [6.07, 6.45) is 1.07. The highest BCUT2D eigenvalue weighted by atomic mass is 32.1. The first kappa shape index (κ1) is 11.7. The van der Waals surface area contributed by atoms with E-state index < -0.39 is 0 Å². The summed E-state index contributed by atoms with van der Waals surface area (Å²) >= 11 is 1.81. The molecule has 0 amide bonds. The normalized spacial score (nSPS) is 15.6. The predicted octanol–water partition coefficient (Wildman–Crippen LogP) is 2.77. The zero-order valence-electron chi connectivity index (χ0n) is 10.5. The second kappa shape index (κ2) is 4.71. The highest BCUT2D eigenvalue weighted by Crippen LogP contribution is 2.32. The third-order valence-electron chi connectivity index (χ3n) is 3.39. The first-order valence-corrected chi connectivity index (χ1v) is 7.14. The monoisotopic (exact) mass is 259 g/mol. The van der Waals surface area contributed by atoms with Gasteiger partial charge in [-0.15, -0.1) is 11.3 Å². The summed E-state index contributed by atoms with van der Waals surface area (Å²) in [5, 5.41) is 1.10. The quantitative estimate of drug-likeness (QED) is 0.843. The first-order chi connectivity index (χ1) is 8.76. The Morgan fingerprint density at radius 3 is 3.11 bits per heavy atom. The van der Waals surface area contributed by atoms with Crippen LogP contribution in [0.4, 0.5) is 5.69 Å². The molecule has 0 saturated carbocycles. The summed E-state index contributed by atoms with van der Waals surface area (Å²) in [6.45, 7) is 5.51. The second-order valence-corrected chi connectivity index (χ2v) is 5.72. The van der Waals surface area contributed by atoms with E-state index in [1.54, 1.807) is 0 Å². The van der Waals surface area contributed by atoms with Crippen molar-refractivity contribution in [3.05, 3.63) is 34.8 Å². The number of likely N-dealkylation sites (N-methyl/N-ethyl adjacent to an activating group) is 1. The maximum absolute atomic E-state index is 5.83. The van der Waals surface area contributed by atoms with Crippen molar-refractivity contribution in [2.45, 2.75) is 19.9 Å². The first-order valence-electron chi connectivity index (χ1n) is 6.33. The van der Waals surface area contributed by atoms with E-state index in [2.05, 4.69) is 17.9 Å². The number of benzene rings is 1. The van der Waals surface area contributed by atoms with E-state index in [1.807, 2.05) is 29.5 Å². The Bertz CT molecular complexity index is 562. The van der Waals surface area contributed by atoms with Crippen LogP contribution in [0.3, 0.4) is 0 Å². The maximum Gasteiger partial charge on any atom is 0.123 e. The Kier molecular flexibility index (Phi) is 3.06. The van der Waals surface area contributed by atoms with Crippen molar-refractivity contribution in [3.63, 3.8) is 0 Å². The summed E-state index contributed by atoms with van der Waals surface area (Å²) in [4.78, 5) is 8.65. The van der Waals surface area contributed by atoms with Crippen LogP contribution in [0.25, 0.3) is 10.6 Å². The summed E-state index contributed by atoms with van der Waals surface area (Å²) < 4.78 is 0. The topological polar surface area (TPSA) is 42.2 Å². The Hall–Kier alpha value is -1.39. The molecule has 1 aliphatic rings. The molecule has 0 fully saturated rings. The summed E-state index contributed by atoms with van der Waals surface area (Å²) in [5.74, 6) is 0. The zero-order valence-corrected chi connectivity index (χ0v) is 11.3. The highest BCUT2D eigenvalue weighted by molar-refractivity contribution is 7.15. The van der Waals surface area contributed by atoms with E-state index in [1.165, 1.54) is 10.6 Å². The largest absolute Gasteiger partial charge is 0.399 e. The molecule has 1 aromatic carbocycles. The van der Waals surface area contributed by atoms with Crippen LogP contribution >= 0.6 is 11.3 Å². The molecule has 0 spiro atoms. The lowest BCUT2D eigenvalue weighted by atomic mass is 10.2. The van der Waals surface area contributed by atoms with Gasteiger partial charge in [0, 0.05) is 35.6 Å². The predicted molar refractivity (Wildman–Crippen MR) is 76.6 cm³/mol. The van der Waals surface area contributed by atoms with Gasteiger partial charge < -0.3 is 5.73 Å². The molecule has 94 valence electrons. The Morgan fingerprint density at radius 2 is 2.33 bits per heavy atom. The molecule has 2 heterocycles. The van der Waals surface area contributed by atoms with Crippen LogP contribution in [0.5, 0.6) is 0 Å². The number of hydrogen-bond acceptors (Lipinski definition) is 4. The van der Waals surface area contributed by atoms with E-state index in [9.17, 15) is 0 Å². The number of thiazole rings is 1. The van der Waals surface area contributed by atoms with Gasteiger partial charge in [0.05, 0.1) is 5.69 Å². The molecule has 0 radical (unpaired) electrons. The molecule has 0 atom stereocenters. The number of fused-ring (bicyclic) bond motifs is 1. The molecule has 0 unspecified atom stereocenters. The van der Waals surface area contributed by atoms with Crippen LogP contribution in [0.1, 0.15) is 17.5 Å². The molecule has 2 aromatic rings. The van der Waals surface area contributed by atoms with Gasteiger partial charge >= 0.3 is 0 Å². The van der Waals surface area contributed by atoms with E-state index >= 15 is 0 Å². The fourth-order valence-electron chi connectivity index (χ4n) is 2.31. The van der Waals surface area contributed by atoms with E-state index in [4.69, 9.17) is 10.7 Å². The molecular weight excluding hydrogens is 242 g/mol. The molecule has 0 bridgehead atoms. The number of hydrogen-bond donors (Lipinski definition) is 1. The van der Waals surface area contributed by atoms with Gasteiger partial charge in [-0.25, -0.2) is 4.98 Å². The van der Waals surface area contributed by atoms with Crippen LogP contribution in [0.2, 0.25) is 0 Å². The fraction of sp³-hybridized carbons (Fsp3) is 0.357. The van der Waals surface area contributed by atoms with Crippen molar-refractivity contribution in [1.29, 1.82) is 0 Å². The minimum Gasteiger partial charge on any atom is -0.399 e. The smallest absolute Gasteiger partial charge is 0.123 e. The summed E-state index contributed by atoms with van der Waals surface area (Å²) in [5.41, 5.74) is 9.05. The molecule has 1 aromatic heterocycles. The number of nitrogen functional groups attached to an aromatic ring is 1. The molecule has 3 nitrogen and oxygen atoms in total. The van der Waals surface area contributed by atoms with Crippen molar-refractivity contribution in [2.75, 3.05) is 18.8 Å². The maximum atomic E-state index is 5.83. The molecular formula is C14H17N3S. The van der Waals surface area contributed by atoms with Crippen molar-refractivity contribution >= 4 is 17.0 Å². The lowest BCUT2D eigenvalue weighted by molar-refractivity contribution is 0.270. The molecule has 3 rings (SSSR count). The minimum atomic E-state index is 0.802. The fourth-order valence-corrected chi connectivity index (χ4v) is 3.46. The molecule has 0 aliphatic carbocycles. The van der Waals surface area contributed by atoms with Crippen LogP contribution < -0.4 is 5.73 Å². The van der Waals surface area contributed by atoms with Gasteiger partial charge in [-0.3, -0.25) is 4.90 Å². The number of aromatic nitrogens is 1. The molecule has 2 N–H and O–H groups in total. The highest BCUT2D eigenvalue weighted by Gasteiger charge is 2.19. The van der Waals surface area contributed by atoms with Gasteiger partial charge in [0.15, 0.2) is 0 Å². The Balaban J connectivity index is 1.94. The van der Waals surface area contributed by atoms with Crippen molar-refractivity contribution in [3.8, 4) is 10.6 Å². The van der Waals surface area contributed by atoms with E-state index in [0.717, 1.165) is 42.3 Å². The van der Waals surface area contributed by atoms with Gasteiger partial charge in [0.25, 0.3) is 0 Å². The van der Waals surface area contributed by atoms with Gasteiger partial charge in [-0.1, -0.05) is 19.1 Å². The van der Waals surface area contributed by atoms with Gasteiger partial charge in [-0.05, 0) is 18.7 Å². The van der Waals surface area contributed by atoms with Gasteiger partial charge in [-0.2, -0.15) is 0 Å². The molecule has 1 aliphatic heterocycles. The van der Waals surface area contributed by atoms with Crippen LogP contribution in [0, 0.1) is 0 Å². The van der Waals surface area contributed by atoms with Gasteiger partial charge in [0.1, 0.15) is 5.01 Å².